The Labute approximate surface area is 84.4 Å². The van der Waals surface area contributed by atoms with Crippen molar-refractivity contribution >= 4 is 5.84 Å². The predicted octanol–water partition coefficient (Wildman–Crippen LogP) is 2.01. The molecule has 1 aromatic rings. The Balaban J connectivity index is 2.69. The van der Waals surface area contributed by atoms with E-state index in [2.05, 4.69) is 13.8 Å². The number of hydrogen-bond donors (Lipinski definition) is 2. The van der Waals surface area contributed by atoms with Crippen molar-refractivity contribution < 1.29 is 4.74 Å². The van der Waals surface area contributed by atoms with Crippen LogP contribution in [0.5, 0.6) is 5.75 Å². The SMILES string of the molecule is CC(C)COc1cccc(C(=N)N)c1. The summed E-state index contributed by atoms with van der Waals surface area (Å²) in [5, 5.41) is 7.27. The fourth-order valence-electron chi connectivity index (χ4n) is 1.02. The van der Waals surface area contributed by atoms with E-state index in [1.165, 1.54) is 0 Å². The second kappa shape index (κ2) is 4.65. The van der Waals surface area contributed by atoms with Gasteiger partial charge in [0.1, 0.15) is 11.6 Å². The molecule has 0 spiro atoms. The molecule has 0 saturated heterocycles. The summed E-state index contributed by atoms with van der Waals surface area (Å²) in [6.45, 7) is 4.87. The molecule has 0 heterocycles. The maximum atomic E-state index is 7.27. The zero-order valence-electron chi connectivity index (χ0n) is 8.58. The first-order valence-corrected chi connectivity index (χ1v) is 4.67. The van der Waals surface area contributed by atoms with Crippen molar-refractivity contribution in [3.63, 3.8) is 0 Å². The molecule has 1 rings (SSSR count). The molecule has 3 heteroatoms. The second-order valence-corrected chi connectivity index (χ2v) is 3.65. The number of benzene rings is 1. The minimum atomic E-state index is 0.0694. The molecule has 0 saturated carbocycles. The lowest BCUT2D eigenvalue weighted by Crippen LogP contribution is -2.11. The molecule has 3 N–H and O–H groups in total. The van der Waals surface area contributed by atoms with Crippen molar-refractivity contribution in [1.82, 2.24) is 0 Å². The molecule has 0 fully saturated rings. The van der Waals surface area contributed by atoms with E-state index in [1.54, 1.807) is 12.1 Å². The van der Waals surface area contributed by atoms with Gasteiger partial charge in [-0.2, -0.15) is 0 Å². The van der Waals surface area contributed by atoms with E-state index in [0.29, 0.717) is 18.1 Å². The molecule has 0 aliphatic carbocycles. The van der Waals surface area contributed by atoms with E-state index >= 15 is 0 Å². The van der Waals surface area contributed by atoms with Gasteiger partial charge in [0, 0.05) is 5.56 Å². The van der Waals surface area contributed by atoms with Crippen molar-refractivity contribution in [1.29, 1.82) is 5.41 Å². The van der Waals surface area contributed by atoms with Crippen LogP contribution in [0, 0.1) is 11.3 Å². The molecule has 3 nitrogen and oxygen atoms in total. The van der Waals surface area contributed by atoms with Crippen LogP contribution in [-0.2, 0) is 0 Å². The molecular formula is C11H16N2O. The van der Waals surface area contributed by atoms with Crippen molar-refractivity contribution in [3.8, 4) is 5.75 Å². The smallest absolute Gasteiger partial charge is 0.122 e. The van der Waals surface area contributed by atoms with E-state index in [0.717, 1.165) is 5.75 Å². The van der Waals surface area contributed by atoms with E-state index < -0.39 is 0 Å². The highest BCUT2D eigenvalue weighted by Crippen LogP contribution is 2.13. The minimum Gasteiger partial charge on any atom is -0.493 e. The molecule has 0 aliphatic heterocycles. The van der Waals surface area contributed by atoms with Gasteiger partial charge < -0.3 is 10.5 Å². The highest BCUT2D eigenvalue weighted by atomic mass is 16.5. The summed E-state index contributed by atoms with van der Waals surface area (Å²) in [7, 11) is 0. The fraction of sp³-hybridized carbons (Fsp3) is 0.364. The third-order valence-corrected chi connectivity index (χ3v) is 1.73. The largest absolute Gasteiger partial charge is 0.493 e. The Hall–Kier alpha value is -1.51. The minimum absolute atomic E-state index is 0.0694. The zero-order chi connectivity index (χ0) is 10.6. The van der Waals surface area contributed by atoms with Crippen molar-refractivity contribution in [2.45, 2.75) is 13.8 Å². The predicted molar refractivity (Wildman–Crippen MR) is 57.8 cm³/mol. The van der Waals surface area contributed by atoms with Crippen LogP contribution in [0.4, 0.5) is 0 Å². The number of nitrogens with one attached hydrogen (secondary N) is 1. The Bertz CT molecular complexity index is 321. The van der Waals surface area contributed by atoms with Crippen LogP contribution in [-0.4, -0.2) is 12.4 Å². The number of nitrogens with two attached hydrogens (primary N) is 1. The summed E-state index contributed by atoms with van der Waals surface area (Å²) in [4.78, 5) is 0. The third kappa shape index (κ3) is 3.09. The topological polar surface area (TPSA) is 59.1 Å². The summed E-state index contributed by atoms with van der Waals surface area (Å²) < 4.78 is 5.51. The van der Waals surface area contributed by atoms with Crippen LogP contribution >= 0.6 is 0 Å². The normalized spacial score (nSPS) is 10.2. The monoisotopic (exact) mass is 192 g/mol. The Kier molecular flexibility index (Phi) is 3.51. The van der Waals surface area contributed by atoms with E-state index in [1.807, 2.05) is 12.1 Å². The highest BCUT2D eigenvalue weighted by molar-refractivity contribution is 5.95. The average molecular weight is 192 g/mol. The molecule has 0 unspecified atom stereocenters. The first-order valence-electron chi connectivity index (χ1n) is 4.67. The second-order valence-electron chi connectivity index (χ2n) is 3.65. The van der Waals surface area contributed by atoms with Crippen molar-refractivity contribution in [2.24, 2.45) is 11.7 Å². The van der Waals surface area contributed by atoms with Gasteiger partial charge in [0.2, 0.25) is 0 Å². The van der Waals surface area contributed by atoms with Crippen molar-refractivity contribution in [2.75, 3.05) is 6.61 Å². The summed E-state index contributed by atoms with van der Waals surface area (Å²) in [6, 6.07) is 7.29. The Morgan fingerprint density at radius 2 is 2.21 bits per heavy atom. The fourth-order valence-corrected chi connectivity index (χ4v) is 1.02. The van der Waals surface area contributed by atoms with Crippen LogP contribution < -0.4 is 10.5 Å². The maximum Gasteiger partial charge on any atom is 0.122 e. The van der Waals surface area contributed by atoms with E-state index in [4.69, 9.17) is 15.9 Å². The van der Waals surface area contributed by atoms with Gasteiger partial charge >= 0.3 is 0 Å². The molecule has 14 heavy (non-hydrogen) atoms. The standard InChI is InChI=1S/C11H16N2O/c1-8(2)7-14-10-5-3-4-9(6-10)11(12)13/h3-6,8H,7H2,1-2H3,(H3,12,13). The number of amidine groups is 1. The lowest BCUT2D eigenvalue weighted by atomic mass is 10.2. The summed E-state index contributed by atoms with van der Waals surface area (Å²) in [5.74, 6) is 1.34. The van der Waals surface area contributed by atoms with Crippen LogP contribution in [0.25, 0.3) is 0 Å². The summed E-state index contributed by atoms with van der Waals surface area (Å²) in [6.07, 6.45) is 0. The van der Waals surface area contributed by atoms with Gasteiger partial charge in [-0.15, -0.1) is 0 Å². The molecule has 0 radical (unpaired) electrons. The molecule has 0 bridgehead atoms. The molecule has 1 aromatic carbocycles. The summed E-state index contributed by atoms with van der Waals surface area (Å²) in [5.41, 5.74) is 6.07. The number of hydrogen-bond acceptors (Lipinski definition) is 2. The highest BCUT2D eigenvalue weighted by Gasteiger charge is 2.00. The summed E-state index contributed by atoms with van der Waals surface area (Å²) >= 11 is 0. The van der Waals surface area contributed by atoms with Gasteiger partial charge in [0.05, 0.1) is 6.61 Å². The number of nitrogen functional groups attached to an aromatic ring is 1. The quantitative estimate of drug-likeness (QED) is 0.566. The molecule has 0 aliphatic rings. The van der Waals surface area contributed by atoms with Gasteiger partial charge in [0.25, 0.3) is 0 Å². The van der Waals surface area contributed by atoms with Gasteiger partial charge in [0.15, 0.2) is 0 Å². The molecule has 0 atom stereocenters. The van der Waals surface area contributed by atoms with Crippen LogP contribution in [0.3, 0.4) is 0 Å². The first kappa shape index (κ1) is 10.6. The van der Waals surface area contributed by atoms with Crippen LogP contribution in [0.1, 0.15) is 19.4 Å². The van der Waals surface area contributed by atoms with Gasteiger partial charge in [-0.3, -0.25) is 5.41 Å². The lowest BCUT2D eigenvalue weighted by Gasteiger charge is -2.09. The first-order chi connectivity index (χ1) is 6.59. The number of rotatable bonds is 4. The van der Waals surface area contributed by atoms with Gasteiger partial charge in [-0.1, -0.05) is 26.0 Å². The van der Waals surface area contributed by atoms with E-state index in [-0.39, 0.29) is 5.84 Å². The zero-order valence-corrected chi connectivity index (χ0v) is 8.58. The molecule has 0 amide bonds. The van der Waals surface area contributed by atoms with Gasteiger partial charge in [-0.05, 0) is 18.1 Å². The maximum absolute atomic E-state index is 7.27. The third-order valence-electron chi connectivity index (χ3n) is 1.73. The molecule has 76 valence electrons. The lowest BCUT2D eigenvalue weighted by molar-refractivity contribution is 0.271. The average Bonchev–Trinajstić information content (AvgIpc) is 2.15. The van der Waals surface area contributed by atoms with Gasteiger partial charge in [-0.25, -0.2) is 0 Å². The van der Waals surface area contributed by atoms with Crippen LogP contribution in [0.15, 0.2) is 24.3 Å². The van der Waals surface area contributed by atoms with Crippen LogP contribution in [0.2, 0.25) is 0 Å². The Morgan fingerprint density at radius 3 is 2.79 bits per heavy atom. The Morgan fingerprint density at radius 1 is 1.50 bits per heavy atom. The molecule has 0 aromatic heterocycles. The molecular weight excluding hydrogens is 176 g/mol. The van der Waals surface area contributed by atoms with Crippen molar-refractivity contribution in [3.05, 3.63) is 29.8 Å². The van der Waals surface area contributed by atoms with E-state index in [9.17, 15) is 0 Å². The number of ether oxygens (including phenoxy) is 1.